The third-order valence-electron chi connectivity index (χ3n) is 1.97. The van der Waals surface area contributed by atoms with Crippen LogP contribution in [0.25, 0.3) is 0 Å². The summed E-state index contributed by atoms with van der Waals surface area (Å²) in [6, 6.07) is 3.37. The molecule has 1 aromatic rings. The molecule has 16 heavy (non-hydrogen) atoms. The zero-order valence-electron chi connectivity index (χ0n) is 8.46. The molecule has 0 radical (unpaired) electrons. The van der Waals surface area contributed by atoms with E-state index in [1.807, 2.05) is 6.92 Å². The molecule has 0 aliphatic carbocycles. The fourth-order valence-electron chi connectivity index (χ4n) is 1.12. The zero-order chi connectivity index (χ0) is 12.3. The minimum absolute atomic E-state index is 0.165. The molecule has 1 rings (SSSR count). The number of benzene rings is 1. The minimum atomic E-state index is -4.14. The van der Waals surface area contributed by atoms with Gasteiger partial charge in [-0.15, -0.1) is 0 Å². The highest BCUT2D eigenvalue weighted by Crippen LogP contribution is 2.29. The van der Waals surface area contributed by atoms with Crippen molar-refractivity contribution in [2.45, 2.75) is 19.5 Å². The molecule has 1 N–H and O–H groups in total. The maximum Gasteiger partial charge on any atom is 0.390 e. The number of halogens is 5. The third kappa shape index (κ3) is 4.22. The summed E-state index contributed by atoms with van der Waals surface area (Å²) in [5, 5.41) is 3.21. The van der Waals surface area contributed by atoms with Crippen LogP contribution in [0.15, 0.2) is 16.6 Å². The quantitative estimate of drug-likeness (QED) is 0.846. The summed E-state index contributed by atoms with van der Waals surface area (Å²) in [7, 11) is 0. The summed E-state index contributed by atoms with van der Waals surface area (Å²) >= 11 is 9.13. The Morgan fingerprint density at radius 2 is 2.00 bits per heavy atom. The highest BCUT2D eigenvalue weighted by atomic mass is 79.9. The van der Waals surface area contributed by atoms with Gasteiger partial charge in [0.15, 0.2) is 0 Å². The van der Waals surface area contributed by atoms with Gasteiger partial charge >= 0.3 is 6.18 Å². The first-order chi connectivity index (χ1) is 7.29. The summed E-state index contributed by atoms with van der Waals surface area (Å²) in [5.41, 5.74) is 1.44. The summed E-state index contributed by atoms with van der Waals surface area (Å²) in [4.78, 5) is 0. The fourth-order valence-corrected chi connectivity index (χ4v) is 1.88. The second kappa shape index (κ2) is 5.27. The Kier molecular flexibility index (Phi) is 4.50. The highest BCUT2D eigenvalue weighted by Gasteiger charge is 2.26. The van der Waals surface area contributed by atoms with Crippen molar-refractivity contribution in [2.24, 2.45) is 0 Å². The molecule has 0 aliphatic heterocycles. The highest BCUT2D eigenvalue weighted by molar-refractivity contribution is 9.10. The lowest BCUT2D eigenvalue weighted by molar-refractivity contribution is -0.131. The van der Waals surface area contributed by atoms with Gasteiger partial charge in [0.25, 0.3) is 0 Å². The van der Waals surface area contributed by atoms with E-state index in [0.717, 1.165) is 5.56 Å². The SMILES string of the molecule is Cc1cc(Br)c(NCCC(F)(F)F)cc1Cl. The molecule has 1 nitrogen and oxygen atoms in total. The van der Waals surface area contributed by atoms with Crippen molar-refractivity contribution in [3.05, 3.63) is 27.2 Å². The summed E-state index contributed by atoms with van der Waals surface area (Å²) in [6.45, 7) is 1.66. The van der Waals surface area contributed by atoms with Gasteiger partial charge in [-0.1, -0.05) is 11.6 Å². The first kappa shape index (κ1) is 13.6. The topological polar surface area (TPSA) is 12.0 Å². The van der Waals surface area contributed by atoms with Gasteiger partial charge in [0.1, 0.15) is 0 Å². The largest absolute Gasteiger partial charge is 0.390 e. The molecule has 0 atom stereocenters. The monoisotopic (exact) mass is 315 g/mol. The predicted octanol–water partition coefficient (Wildman–Crippen LogP) is 4.78. The van der Waals surface area contributed by atoms with Crippen LogP contribution in [0.2, 0.25) is 5.02 Å². The molecule has 0 aromatic heterocycles. The van der Waals surface area contributed by atoms with Crippen LogP contribution in [0.4, 0.5) is 18.9 Å². The van der Waals surface area contributed by atoms with Crippen molar-refractivity contribution in [2.75, 3.05) is 11.9 Å². The number of alkyl halides is 3. The van der Waals surface area contributed by atoms with Crippen LogP contribution in [0, 0.1) is 6.92 Å². The van der Waals surface area contributed by atoms with E-state index in [0.29, 0.717) is 15.2 Å². The van der Waals surface area contributed by atoms with Gasteiger partial charge in [-0.2, -0.15) is 13.2 Å². The van der Waals surface area contributed by atoms with Crippen molar-refractivity contribution in [1.82, 2.24) is 0 Å². The fraction of sp³-hybridized carbons (Fsp3) is 0.400. The smallest absolute Gasteiger partial charge is 0.384 e. The first-order valence-electron chi connectivity index (χ1n) is 4.56. The van der Waals surface area contributed by atoms with Crippen LogP contribution >= 0.6 is 27.5 Å². The summed E-state index contributed by atoms with van der Waals surface area (Å²) in [5.74, 6) is 0. The maximum absolute atomic E-state index is 11.9. The van der Waals surface area contributed by atoms with Gasteiger partial charge in [-0.25, -0.2) is 0 Å². The van der Waals surface area contributed by atoms with Gasteiger partial charge in [-0.05, 0) is 40.5 Å². The van der Waals surface area contributed by atoms with Crippen molar-refractivity contribution < 1.29 is 13.2 Å². The standard InChI is InChI=1S/C10H10BrClF3N/c1-6-4-7(11)9(5-8(6)12)16-3-2-10(13,14)15/h4-5,16H,2-3H2,1H3. The zero-order valence-corrected chi connectivity index (χ0v) is 10.8. The van der Waals surface area contributed by atoms with Crippen LogP contribution in [0.1, 0.15) is 12.0 Å². The maximum atomic E-state index is 11.9. The molecular weight excluding hydrogens is 306 g/mol. The lowest BCUT2D eigenvalue weighted by Crippen LogP contribution is -2.14. The van der Waals surface area contributed by atoms with Crippen LogP contribution in [0.5, 0.6) is 0 Å². The molecule has 0 bridgehead atoms. The van der Waals surface area contributed by atoms with E-state index in [1.54, 1.807) is 12.1 Å². The summed E-state index contributed by atoms with van der Waals surface area (Å²) in [6.07, 6.45) is -5.01. The molecular formula is C10H10BrClF3N. The molecule has 0 fully saturated rings. The predicted molar refractivity (Wildman–Crippen MR) is 63.1 cm³/mol. The van der Waals surface area contributed by atoms with E-state index in [1.165, 1.54) is 0 Å². The van der Waals surface area contributed by atoms with Gasteiger partial charge < -0.3 is 5.32 Å². The van der Waals surface area contributed by atoms with E-state index >= 15 is 0 Å². The molecule has 0 amide bonds. The number of hydrogen-bond donors (Lipinski definition) is 1. The third-order valence-corrected chi connectivity index (χ3v) is 3.04. The first-order valence-corrected chi connectivity index (χ1v) is 5.73. The molecule has 0 heterocycles. The molecule has 0 aliphatic rings. The van der Waals surface area contributed by atoms with E-state index in [2.05, 4.69) is 21.2 Å². The number of nitrogens with one attached hydrogen (secondary N) is 1. The average Bonchev–Trinajstić information content (AvgIpc) is 2.11. The Morgan fingerprint density at radius 3 is 2.56 bits per heavy atom. The van der Waals surface area contributed by atoms with Crippen LogP contribution in [-0.2, 0) is 0 Å². The number of hydrogen-bond acceptors (Lipinski definition) is 1. The van der Waals surface area contributed by atoms with Crippen molar-refractivity contribution in [3.8, 4) is 0 Å². The van der Waals surface area contributed by atoms with Crippen LogP contribution < -0.4 is 5.32 Å². The van der Waals surface area contributed by atoms with Crippen molar-refractivity contribution >= 4 is 33.2 Å². The molecule has 0 unspecified atom stereocenters. The number of anilines is 1. The second-order valence-corrected chi connectivity index (χ2v) is 4.63. The minimum Gasteiger partial charge on any atom is -0.384 e. The van der Waals surface area contributed by atoms with Crippen LogP contribution in [-0.4, -0.2) is 12.7 Å². The Balaban J connectivity index is 2.64. The Morgan fingerprint density at radius 1 is 1.38 bits per heavy atom. The molecule has 0 spiro atoms. The van der Waals surface area contributed by atoms with Gasteiger partial charge in [-0.3, -0.25) is 0 Å². The molecule has 0 saturated carbocycles. The number of rotatable bonds is 3. The van der Waals surface area contributed by atoms with Gasteiger partial charge in [0.05, 0.1) is 6.42 Å². The van der Waals surface area contributed by atoms with Crippen molar-refractivity contribution in [3.63, 3.8) is 0 Å². The molecule has 1 aromatic carbocycles. The van der Waals surface area contributed by atoms with Gasteiger partial charge in [0, 0.05) is 21.7 Å². The summed E-state index contributed by atoms with van der Waals surface area (Å²) < 4.78 is 36.5. The van der Waals surface area contributed by atoms with E-state index in [-0.39, 0.29) is 6.54 Å². The molecule has 0 saturated heterocycles. The van der Waals surface area contributed by atoms with Crippen LogP contribution in [0.3, 0.4) is 0 Å². The Bertz CT molecular complexity index is 379. The number of aryl methyl sites for hydroxylation is 1. The van der Waals surface area contributed by atoms with E-state index < -0.39 is 12.6 Å². The van der Waals surface area contributed by atoms with E-state index in [9.17, 15) is 13.2 Å². The van der Waals surface area contributed by atoms with Gasteiger partial charge in [0.2, 0.25) is 0 Å². The van der Waals surface area contributed by atoms with E-state index in [4.69, 9.17) is 11.6 Å². The molecule has 90 valence electrons. The Labute approximate surface area is 105 Å². The Hall–Kier alpha value is -0.420. The lowest BCUT2D eigenvalue weighted by atomic mass is 10.2. The average molecular weight is 317 g/mol. The second-order valence-electron chi connectivity index (χ2n) is 3.37. The van der Waals surface area contributed by atoms with Crippen molar-refractivity contribution in [1.29, 1.82) is 0 Å². The molecule has 6 heteroatoms. The normalized spacial score (nSPS) is 11.6. The lowest BCUT2D eigenvalue weighted by Gasteiger charge is -2.11.